The van der Waals surface area contributed by atoms with Gasteiger partial charge in [0.05, 0.1) is 6.10 Å². The number of aliphatic hydroxyl groups is 1. The third-order valence-corrected chi connectivity index (χ3v) is 4.23. The quantitative estimate of drug-likeness (QED) is 0.764. The van der Waals surface area contributed by atoms with Gasteiger partial charge in [-0.25, -0.2) is 0 Å². The summed E-state index contributed by atoms with van der Waals surface area (Å²) in [5.74, 6) is 1.03. The lowest BCUT2D eigenvalue weighted by atomic mass is 9.84. The predicted molar refractivity (Wildman–Crippen MR) is 68.7 cm³/mol. The number of rotatable bonds is 3. The Labute approximate surface area is 104 Å². The fourth-order valence-electron chi connectivity index (χ4n) is 3.13. The van der Waals surface area contributed by atoms with Crippen LogP contribution < -0.4 is 0 Å². The fourth-order valence-corrected chi connectivity index (χ4v) is 3.13. The van der Waals surface area contributed by atoms with Crippen LogP contribution in [-0.4, -0.2) is 17.0 Å². The smallest absolute Gasteiger partial charge is 0.158 e. The Kier molecular flexibility index (Phi) is 4.78. The summed E-state index contributed by atoms with van der Waals surface area (Å²) in [4.78, 5) is 12.0. The van der Waals surface area contributed by atoms with Crippen molar-refractivity contribution in [2.45, 2.75) is 63.9 Å². The van der Waals surface area contributed by atoms with Crippen molar-refractivity contribution in [3.8, 4) is 0 Å². The molecule has 17 heavy (non-hydrogen) atoms. The summed E-state index contributed by atoms with van der Waals surface area (Å²) in [6.07, 6.45) is 13.6. The van der Waals surface area contributed by atoms with Crippen LogP contribution in [0.5, 0.6) is 0 Å². The summed E-state index contributed by atoms with van der Waals surface area (Å²) < 4.78 is 0. The maximum absolute atomic E-state index is 12.0. The van der Waals surface area contributed by atoms with Crippen molar-refractivity contribution in [2.75, 3.05) is 0 Å². The number of hydrogen-bond acceptors (Lipinski definition) is 2. The van der Waals surface area contributed by atoms with Gasteiger partial charge in [-0.05, 0) is 44.1 Å². The highest BCUT2D eigenvalue weighted by Crippen LogP contribution is 2.27. The van der Waals surface area contributed by atoms with Crippen molar-refractivity contribution in [2.24, 2.45) is 11.8 Å². The van der Waals surface area contributed by atoms with Crippen LogP contribution >= 0.6 is 0 Å². The van der Waals surface area contributed by atoms with Gasteiger partial charge in [0.1, 0.15) is 0 Å². The molecule has 2 nitrogen and oxygen atoms in total. The van der Waals surface area contributed by atoms with E-state index in [4.69, 9.17) is 0 Å². The molecule has 0 heterocycles. The summed E-state index contributed by atoms with van der Waals surface area (Å²) >= 11 is 0. The van der Waals surface area contributed by atoms with Crippen LogP contribution in [0.15, 0.2) is 12.2 Å². The molecular formula is C15H24O2. The molecule has 96 valence electrons. The summed E-state index contributed by atoms with van der Waals surface area (Å²) in [5.41, 5.74) is 0. The number of aliphatic hydroxyl groups excluding tert-OH is 1. The first-order valence-electron chi connectivity index (χ1n) is 7.16. The lowest BCUT2D eigenvalue weighted by Gasteiger charge is -2.23. The number of allylic oxidation sites excluding steroid dienone is 2. The Morgan fingerprint density at radius 1 is 1.00 bits per heavy atom. The summed E-state index contributed by atoms with van der Waals surface area (Å²) in [6.45, 7) is 0. The van der Waals surface area contributed by atoms with E-state index in [1.54, 1.807) is 6.08 Å². The average molecular weight is 236 g/mol. The highest BCUT2D eigenvalue weighted by molar-refractivity contribution is 5.91. The fraction of sp³-hybridized carbons (Fsp3) is 0.800. The van der Waals surface area contributed by atoms with Crippen LogP contribution in [-0.2, 0) is 4.79 Å². The Bertz CT molecular complexity index is 277. The molecule has 0 saturated heterocycles. The van der Waals surface area contributed by atoms with Crippen molar-refractivity contribution in [1.82, 2.24) is 0 Å². The molecule has 0 aromatic rings. The minimum atomic E-state index is -0.150. The molecule has 0 bridgehead atoms. The maximum atomic E-state index is 12.0. The molecule has 2 heteroatoms. The SMILES string of the molecule is O=C(/C=C\[C@@H]1CCC[C@H](O)C1)C1CCCCC1. The van der Waals surface area contributed by atoms with E-state index in [0.717, 1.165) is 38.5 Å². The molecule has 2 atom stereocenters. The molecule has 0 aromatic carbocycles. The third-order valence-electron chi connectivity index (χ3n) is 4.23. The normalized spacial score (nSPS) is 31.8. The van der Waals surface area contributed by atoms with Gasteiger partial charge in [0.2, 0.25) is 0 Å². The van der Waals surface area contributed by atoms with Crippen molar-refractivity contribution >= 4 is 5.78 Å². The molecular weight excluding hydrogens is 212 g/mol. The second kappa shape index (κ2) is 6.34. The highest BCUT2D eigenvalue weighted by Gasteiger charge is 2.21. The van der Waals surface area contributed by atoms with Gasteiger partial charge >= 0.3 is 0 Å². The Hall–Kier alpha value is -0.630. The van der Waals surface area contributed by atoms with Gasteiger partial charge in [-0.3, -0.25) is 4.79 Å². The molecule has 0 aliphatic heterocycles. The molecule has 0 radical (unpaired) electrons. The van der Waals surface area contributed by atoms with E-state index in [1.165, 1.54) is 19.3 Å². The van der Waals surface area contributed by atoms with E-state index in [1.807, 2.05) is 0 Å². The lowest BCUT2D eigenvalue weighted by Crippen LogP contribution is -2.19. The standard InChI is InChI=1S/C15H24O2/c16-14-8-4-5-12(11-14)9-10-15(17)13-6-2-1-3-7-13/h9-10,12-14,16H,1-8,11H2/b10-9-/t12-,14-/m0/s1. The number of carbonyl (C=O) groups is 1. The topological polar surface area (TPSA) is 37.3 Å². The molecule has 0 aromatic heterocycles. The maximum Gasteiger partial charge on any atom is 0.158 e. The van der Waals surface area contributed by atoms with Crippen LogP contribution in [0.3, 0.4) is 0 Å². The predicted octanol–water partition coefficient (Wildman–Crippen LogP) is 3.24. The van der Waals surface area contributed by atoms with Crippen LogP contribution in [0.25, 0.3) is 0 Å². The zero-order valence-corrected chi connectivity index (χ0v) is 10.6. The van der Waals surface area contributed by atoms with Gasteiger partial charge in [-0.2, -0.15) is 0 Å². The number of hydrogen-bond donors (Lipinski definition) is 1. The van der Waals surface area contributed by atoms with Crippen molar-refractivity contribution in [3.63, 3.8) is 0 Å². The zero-order valence-electron chi connectivity index (χ0n) is 10.6. The molecule has 2 aliphatic carbocycles. The van der Waals surface area contributed by atoms with E-state index >= 15 is 0 Å². The summed E-state index contributed by atoms with van der Waals surface area (Å²) in [5, 5.41) is 9.57. The largest absolute Gasteiger partial charge is 0.393 e. The monoisotopic (exact) mass is 236 g/mol. The number of ketones is 1. The molecule has 2 aliphatic rings. The van der Waals surface area contributed by atoms with E-state index in [9.17, 15) is 9.90 Å². The third kappa shape index (κ3) is 3.95. The van der Waals surface area contributed by atoms with E-state index in [0.29, 0.717) is 11.7 Å². The highest BCUT2D eigenvalue weighted by atomic mass is 16.3. The lowest BCUT2D eigenvalue weighted by molar-refractivity contribution is -0.119. The van der Waals surface area contributed by atoms with Gasteiger partial charge in [-0.1, -0.05) is 31.8 Å². The van der Waals surface area contributed by atoms with E-state index < -0.39 is 0 Å². The summed E-state index contributed by atoms with van der Waals surface area (Å²) in [6, 6.07) is 0. The Morgan fingerprint density at radius 2 is 1.76 bits per heavy atom. The van der Waals surface area contributed by atoms with Crippen molar-refractivity contribution in [3.05, 3.63) is 12.2 Å². The molecule has 2 rings (SSSR count). The van der Waals surface area contributed by atoms with Gasteiger partial charge in [0.25, 0.3) is 0 Å². The van der Waals surface area contributed by atoms with E-state index in [2.05, 4.69) is 6.08 Å². The van der Waals surface area contributed by atoms with Gasteiger partial charge < -0.3 is 5.11 Å². The number of carbonyl (C=O) groups excluding carboxylic acids is 1. The molecule has 1 N–H and O–H groups in total. The first-order valence-corrected chi connectivity index (χ1v) is 7.16. The summed E-state index contributed by atoms with van der Waals surface area (Å²) in [7, 11) is 0. The minimum absolute atomic E-state index is 0.150. The second-order valence-corrected chi connectivity index (χ2v) is 5.68. The van der Waals surface area contributed by atoms with Crippen LogP contribution in [0.1, 0.15) is 57.8 Å². The van der Waals surface area contributed by atoms with Crippen molar-refractivity contribution in [1.29, 1.82) is 0 Å². The second-order valence-electron chi connectivity index (χ2n) is 5.68. The minimum Gasteiger partial charge on any atom is -0.393 e. The van der Waals surface area contributed by atoms with Gasteiger partial charge in [-0.15, -0.1) is 0 Å². The molecule has 2 saturated carbocycles. The average Bonchev–Trinajstić information content (AvgIpc) is 2.37. The van der Waals surface area contributed by atoms with Gasteiger partial charge in [0, 0.05) is 5.92 Å². The molecule has 0 spiro atoms. The van der Waals surface area contributed by atoms with Gasteiger partial charge in [0.15, 0.2) is 5.78 Å². The first-order chi connectivity index (χ1) is 8.25. The molecule has 0 unspecified atom stereocenters. The van der Waals surface area contributed by atoms with Crippen LogP contribution in [0, 0.1) is 11.8 Å². The van der Waals surface area contributed by atoms with Crippen LogP contribution in [0.4, 0.5) is 0 Å². The molecule has 0 amide bonds. The Balaban J connectivity index is 1.80. The molecule has 2 fully saturated rings. The first kappa shape index (κ1) is 12.8. The van der Waals surface area contributed by atoms with Crippen molar-refractivity contribution < 1.29 is 9.90 Å². The zero-order chi connectivity index (χ0) is 12.1. The van der Waals surface area contributed by atoms with Crippen LogP contribution in [0.2, 0.25) is 0 Å². The Morgan fingerprint density at radius 3 is 2.47 bits per heavy atom. The van der Waals surface area contributed by atoms with E-state index in [-0.39, 0.29) is 12.0 Å².